The number of hydrogen-bond donors (Lipinski definition) is 3. The summed E-state index contributed by atoms with van der Waals surface area (Å²) in [5.41, 5.74) is 1.06. The minimum atomic E-state index is -0.593. The number of nitrogens with zero attached hydrogens (tertiary/aromatic N) is 2. The lowest BCUT2D eigenvalue weighted by Crippen LogP contribution is -2.15. The van der Waals surface area contributed by atoms with Crippen LogP contribution >= 0.6 is 39.3 Å². The van der Waals surface area contributed by atoms with Gasteiger partial charge < -0.3 is 15.2 Å². The van der Waals surface area contributed by atoms with Crippen LogP contribution in [0.15, 0.2) is 46.0 Å². The number of anilines is 1. The number of aromatic hydroxyl groups is 1. The highest BCUT2D eigenvalue weighted by molar-refractivity contribution is 9.10. The third-order valence-corrected chi connectivity index (χ3v) is 5.34. The summed E-state index contributed by atoms with van der Waals surface area (Å²) < 4.78 is 5.44. The molecular weight excluding hydrogens is 484 g/mol. The molecule has 3 rings (SSSR count). The molecule has 8 nitrogen and oxygen atoms in total. The molecule has 1 heterocycles. The number of aromatic nitrogens is 3. The Hall–Kier alpha value is -2.56. The molecular formula is C18H14BrClN4O4S. The highest BCUT2D eigenvalue weighted by Crippen LogP contribution is 2.30. The Labute approximate surface area is 183 Å². The molecule has 0 saturated heterocycles. The van der Waals surface area contributed by atoms with Gasteiger partial charge in [-0.2, -0.15) is 0 Å². The van der Waals surface area contributed by atoms with E-state index in [9.17, 15) is 14.7 Å². The fourth-order valence-corrected chi connectivity index (χ4v) is 3.48. The van der Waals surface area contributed by atoms with Gasteiger partial charge in [-0.3, -0.25) is 9.89 Å². The summed E-state index contributed by atoms with van der Waals surface area (Å²) in [6.07, 6.45) is 0. The molecule has 0 bridgehead atoms. The van der Waals surface area contributed by atoms with Crippen LogP contribution in [0.25, 0.3) is 11.4 Å². The van der Waals surface area contributed by atoms with Gasteiger partial charge in [-0.25, -0.2) is 9.78 Å². The molecule has 0 atom stereocenters. The smallest absolute Gasteiger partial charge is 0.339 e. The van der Waals surface area contributed by atoms with E-state index in [0.29, 0.717) is 22.2 Å². The molecule has 0 radical (unpaired) electrons. The number of carbonyl (C=O) groups is 2. The molecule has 0 aliphatic rings. The highest BCUT2D eigenvalue weighted by atomic mass is 79.9. The molecule has 1 aromatic heterocycles. The van der Waals surface area contributed by atoms with E-state index < -0.39 is 5.97 Å². The Balaban J connectivity index is 1.63. The zero-order valence-corrected chi connectivity index (χ0v) is 18.1. The Morgan fingerprint density at radius 1 is 1.31 bits per heavy atom. The van der Waals surface area contributed by atoms with E-state index in [1.807, 2.05) is 0 Å². The van der Waals surface area contributed by atoms with E-state index in [1.54, 1.807) is 18.2 Å². The number of phenolic OH excluding ortho intramolecular Hbond substituents is 1. The second-order valence-electron chi connectivity index (χ2n) is 5.65. The number of phenols is 1. The van der Waals surface area contributed by atoms with Crippen LogP contribution in [0.1, 0.15) is 10.4 Å². The molecule has 1 amide bonds. The van der Waals surface area contributed by atoms with Crippen LogP contribution in [0.3, 0.4) is 0 Å². The second kappa shape index (κ2) is 9.29. The molecule has 11 heteroatoms. The molecule has 0 fully saturated rings. The quantitative estimate of drug-likeness (QED) is 0.346. The van der Waals surface area contributed by atoms with Gasteiger partial charge in [-0.05, 0) is 36.4 Å². The fraction of sp³-hybridized carbons (Fsp3) is 0.111. The summed E-state index contributed by atoms with van der Waals surface area (Å²) in [5.74, 6) is -0.429. The van der Waals surface area contributed by atoms with E-state index in [-0.39, 0.29) is 28.0 Å². The Morgan fingerprint density at radius 2 is 2.10 bits per heavy atom. The normalized spacial score (nSPS) is 10.6. The standard InChI is InChI=1S/C18H14BrClN4O4S/c1-28-17(27)11-7-10(3-4-13(11)20)21-15(26)8-29-18-22-16(23-24-18)12-6-9(19)2-5-14(12)25/h2-7,25H,8H2,1H3,(H,21,26)(H,22,23,24). The van der Waals surface area contributed by atoms with Crippen molar-refractivity contribution in [3.05, 3.63) is 51.5 Å². The third-order valence-electron chi connectivity index (χ3n) is 3.67. The summed E-state index contributed by atoms with van der Waals surface area (Å²) in [7, 11) is 1.25. The number of ether oxygens (including phenoxy) is 1. The second-order valence-corrected chi connectivity index (χ2v) is 7.92. The highest BCUT2D eigenvalue weighted by Gasteiger charge is 2.14. The minimum absolute atomic E-state index is 0.0396. The van der Waals surface area contributed by atoms with Gasteiger partial charge in [0.1, 0.15) is 5.75 Å². The number of carbonyl (C=O) groups excluding carboxylic acids is 2. The van der Waals surface area contributed by atoms with Crippen molar-refractivity contribution in [3.63, 3.8) is 0 Å². The number of amides is 1. The van der Waals surface area contributed by atoms with Crippen molar-refractivity contribution in [1.82, 2.24) is 15.2 Å². The number of benzene rings is 2. The Bertz CT molecular complexity index is 1080. The van der Waals surface area contributed by atoms with E-state index in [1.165, 1.54) is 25.3 Å². The first-order valence-corrected chi connectivity index (χ1v) is 10.2. The third kappa shape index (κ3) is 5.28. The first kappa shape index (κ1) is 21.2. The van der Waals surface area contributed by atoms with Crippen LogP contribution in [0, 0.1) is 0 Å². The molecule has 0 aliphatic carbocycles. The topological polar surface area (TPSA) is 117 Å². The maximum absolute atomic E-state index is 12.2. The zero-order valence-electron chi connectivity index (χ0n) is 14.9. The van der Waals surface area contributed by atoms with E-state index >= 15 is 0 Å². The van der Waals surface area contributed by atoms with Crippen molar-refractivity contribution in [2.75, 3.05) is 18.2 Å². The van der Waals surface area contributed by atoms with Gasteiger partial charge >= 0.3 is 5.97 Å². The van der Waals surface area contributed by atoms with Gasteiger partial charge in [0.15, 0.2) is 5.82 Å². The van der Waals surface area contributed by atoms with E-state index in [0.717, 1.165) is 16.2 Å². The average molecular weight is 498 g/mol. The summed E-state index contributed by atoms with van der Waals surface area (Å²) >= 11 is 10.4. The lowest BCUT2D eigenvalue weighted by Gasteiger charge is -2.07. The average Bonchev–Trinajstić information content (AvgIpc) is 3.18. The minimum Gasteiger partial charge on any atom is -0.507 e. The fourth-order valence-electron chi connectivity index (χ4n) is 2.33. The summed E-state index contributed by atoms with van der Waals surface area (Å²) in [6, 6.07) is 9.48. The molecule has 0 unspecified atom stereocenters. The van der Waals surface area contributed by atoms with Crippen LogP contribution in [0.5, 0.6) is 5.75 Å². The zero-order chi connectivity index (χ0) is 21.0. The number of H-pyrrole nitrogens is 1. The van der Waals surface area contributed by atoms with Crippen LogP contribution in [0.4, 0.5) is 5.69 Å². The van der Waals surface area contributed by atoms with Crippen molar-refractivity contribution >= 4 is 56.9 Å². The van der Waals surface area contributed by atoms with Crippen LogP contribution in [0.2, 0.25) is 5.02 Å². The van der Waals surface area contributed by atoms with Gasteiger partial charge in [0.25, 0.3) is 0 Å². The monoisotopic (exact) mass is 496 g/mol. The molecule has 0 saturated carbocycles. The molecule has 0 aliphatic heterocycles. The number of hydrogen-bond acceptors (Lipinski definition) is 7. The number of halogens is 2. The predicted octanol–water partition coefficient (Wildman–Crippen LogP) is 4.11. The van der Waals surface area contributed by atoms with Gasteiger partial charge in [-0.1, -0.05) is 39.3 Å². The molecule has 150 valence electrons. The number of methoxy groups -OCH3 is 1. The van der Waals surface area contributed by atoms with Crippen molar-refractivity contribution in [2.45, 2.75) is 5.16 Å². The van der Waals surface area contributed by atoms with Crippen molar-refractivity contribution < 1.29 is 19.4 Å². The van der Waals surface area contributed by atoms with Gasteiger partial charge in [0, 0.05) is 10.2 Å². The molecule has 3 aromatic rings. The Kier molecular flexibility index (Phi) is 6.78. The lowest BCUT2D eigenvalue weighted by molar-refractivity contribution is -0.113. The summed E-state index contributed by atoms with van der Waals surface area (Å²) in [4.78, 5) is 28.2. The van der Waals surface area contributed by atoms with Gasteiger partial charge in [-0.15, -0.1) is 5.10 Å². The SMILES string of the molecule is COC(=O)c1cc(NC(=O)CSc2n[nH]c(-c3cc(Br)ccc3O)n2)ccc1Cl. The lowest BCUT2D eigenvalue weighted by atomic mass is 10.2. The van der Waals surface area contributed by atoms with Crippen LogP contribution in [-0.4, -0.2) is 45.0 Å². The number of esters is 1. The van der Waals surface area contributed by atoms with Gasteiger partial charge in [0.05, 0.1) is 29.0 Å². The van der Waals surface area contributed by atoms with Crippen molar-refractivity contribution in [3.8, 4) is 17.1 Å². The van der Waals surface area contributed by atoms with Crippen LogP contribution in [-0.2, 0) is 9.53 Å². The van der Waals surface area contributed by atoms with Gasteiger partial charge in [0.2, 0.25) is 11.1 Å². The Morgan fingerprint density at radius 3 is 2.86 bits per heavy atom. The van der Waals surface area contributed by atoms with Crippen LogP contribution < -0.4 is 5.32 Å². The largest absolute Gasteiger partial charge is 0.507 e. The number of rotatable bonds is 6. The van der Waals surface area contributed by atoms with Crippen molar-refractivity contribution in [1.29, 1.82) is 0 Å². The summed E-state index contributed by atoms with van der Waals surface area (Å²) in [6.45, 7) is 0. The number of nitrogens with one attached hydrogen (secondary N) is 2. The van der Waals surface area contributed by atoms with E-state index in [4.69, 9.17) is 11.6 Å². The molecule has 2 aromatic carbocycles. The van der Waals surface area contributed by atoms with Crippen molar-refractivity contribution in [2.24, 2.45) is 0 Å². The predicted molar refractivity (Wildman–Crippen MR) is 113 cm³/mol. The first-order valence-electron chi connectivity index (χ1n) is 8.09. The molecule has 3 N–H and O–H groups in total. The first-order chi connectivity index (χ1) is 13.9. The summed E-state index contributed by atoms with van der Waals surface area (Å²) in [5, 5.41) is 20.0. The molecule has 29 heavy (non-hydrogen) atoms. The van der Waals surface area contributed by atoms with E-state index in [2.05, 4.69) is 41.2 Å². The number of aromatic amines is 1. The molecule has 0 spiro atoms. The maximum Gasteiger partial charge on any atom is 0.339 e. The maximum atomic E-state index is 12.2. The number of thioether (sulfide) groups is 1.